The van der Waals surface area contributed by atoms with Gasteiger partial charge in [-0.3, -0.25) is 4.79 Å². The van der Waals surface area contributed by atoms with E-state index in [1.54, 1.807) is 6.08 Å². The van der Waals surface area contributed by atoms with Crippen molar-refractivity contribution in [2.45, 2.75) is 39.5 Å². The summed E-state index contributed by atoms with van der Waals surface area (Å²) in [6, 6.07) is 22.2. The summed E-state index contributed by atoms with van der Waals surface area (Å²) in [7, 11) is 8.05. The maximum Gasteiger partial charge on any atom is 0.186 e. The predicted octanol–water partition coefficient (Wildman–Crippen LogP) is 6.57. The number of allylic oxidation sites excluding steroid dienone is 1. The average Bonchev–Trinajstić information content (AvgIpc) is 2.86. The molecule has 38 heavy (non-hydrogen) atoms. The number of rotatable bonds is 12. The fourth-order valence-corrected chi connectivity index (χ4v) is 4.03. The highest BCUT2D eigenvalue weighted by Crippen LogP contribution is 2.31. The summed E-state index contributed by atoms with van der Waals surface area (Å²) in [6.07, 6.45) is 3.53. The molecule has 0 spiro atoms. The van der Waals surface area contributed by atoms with Crippen LogP contribution in [0.1, 0.15) is 47.8 Å². The van der Waals surface area contributed by atoms with Gasteiger partial charge < -0.3 is 19.3 Å². The number of ether oxygens (including phenoxy) is 2. The second kappa shape index (κ2) is 13.5. The van der Waals surface area contributed by atoms with Crippen molar-refractivity contribution in [1.82, 2.24) is 9.80 Å². The van der Waals surface area contributed by atoms with Crippen molar-refractivity contribution in [1.29, 1.82) is 0 Å². The zero-order valence-electron chi connectivity index (χ0n) is 24.0. The third-order valence-corrected chi connectivity index (χ3v) is 5.98. The quantitative estimate of drug-likeness (QED) is 0.202. The van der Waals surface area contributed by atoms with E-state index in [0.29, 0.717) is 25.3 Å². The molecule has 0 fully saturated rings. The molecule has 5 heteroatoms. The first-order chi connectivity index (χ1) is 18.0. The highest BCUT2D eigenvalue weighted by Gasteiger charge is 2.14. The Balaban J connectivity index is 1.96. The van der Waals surface area contributed by atoms with Crippen molar-refractivity contribution < 1.29 is 14.3 Å². The van der Waals surface area contributed by atoms with Gasteiger partial charge >= 0.3 is 0 Å². The Morgan fingerprint density at radius 1 is 0.868 bits per heavy atom. The molecule has 5 nitrogen and oxygen atoms in total. The highest BCUT2D eigenvalue weighted by molar-refractivity contribution is 6.08. The van der Waals surface area contributed by atoms with Gasteiger partial charge in [0.2, 0.25) is 0 Å². The summed E-state index contributed by atoms with van der Waals surface area (Å²) in [5.41, 5.74) is 5.64. The first-order valence-electron chi connectivity index (χ1n) is 13.1. The number of carbonyl (C=O) groups is 1. The van der Waals surface area contributed by atoms with E-state index >= 15 is 0 Å². The third-order valence-electron chi connectivity index (χ3n) is 5.98. The first-order valence-corrected chi connectivity index (χ1v) is 13.1. The summed E-state index contributed by atoms with van der Waals surface area (Å²) < 4.78 is 12.2. The van der Waals surface area contributed by atoms with Crippen LogP contribution in [0.25, 0.3) is 17.2 Å². The van der Waals surface area contributed by atoms with Crippen molar-refractivity contribution in [2.24, 2.45) is 0 Å². The summed E-state index contributed by atoms with van der Waals surface area (Å²) >= 11 is 0. The molecule has 0 aliphatic carbocycles. The maximum absolute atomic E-state index is 13.3. The van der Waals surface area contributed by atoms with Gasteiger partial charge in [-0.25, -0.2) is 0 Å². The fraction of sp³-hybridized carbons (Fsp3) is 0.364. The standard InChI is InChI=1S/C33H42N2O3/c1-33(2,3)38-24-28-13-9-10-14-29(28)25-17-19-32(37-21-20-34(4)5)26(22-25)16-18-31(36)30-15-11-8-12-27(30)23-35(6)7/h8-19,22H,20-21,23-24H2,1-7H3. The molecule has 0 heterocycles. The Hall–Kier alpha value is -3.25. The van der Waals surface area contributed by atoms with Crippen LogP contribution in [0.4, 0.5) is 0 Å². The van der Waals surface area contributed by atoms with E-state index in [4.69, 9.17) is 9.47 Å². The summed E-state index contributed by atoms with van der Waals surface area (Å²) in [5.74, 6) is 0.732. The lowest BCUT2D eigenvalue weighted by atomic mass is 9.97. The highest BCUT2D eigenvalue weighted by atomic mass is 16.5. The van der Waals surface area contributed by atoms with Gasteiger partial charge in [-0.15, -0.1) is 0 Å². The largest absolute Gasteiger partial charge is 0.492 e. The van der Waals surface area contributed by atoms with Crippen LogP contribution in [0.3, 0.4) is 0 Å². The van der Waals surface area contributed by atoms with Gasteiger partial charge in [-0.05, 0) is 95.5 Å². The Morgan fingerprint density at radius 2 is 1.55 bits per heavy atom. The van der Waals surface area contributed by atoms with E-state index in [1.807, 2.05) is 76.7 Å². The van der Waals surface area contributed by atoms with E-state index in [-0.39, 0.29) is 11.4 Å². The molecule has 0 aromatic heterocycles. The van der Waals surface area contributed by atoms with Crippen LogP contribution >= 0.6 is 0 Å². The van der Waals surface area contributed by atoms with Crippen LogP contribution in [0.2, 0.25) is 0 Å². The Morgan fingerprint density at radius 3 is 2.24 bits per heavy atom. The minimum absolute atomic E-state index is 0.0222. The van der Waals surface area contributed by atoms with Crippen LogP contribution in [0.5, 0.6) is 5.75 Å². The van der Waals surface area contributed by atoms with Gasteiger partial charge in [0.25, 0.3) is 0 Å². The molecule has 0 bridgehead atoms. The monoisotopic (exact) mass is 514 g/mol. The van der Waals surface area contributed by atoms with Crippen LogP contribution in [0.15, 0.2) is 72.8 Å². The minimum atomic E-state index is -0.228. The zero-order chi connectivity index (χ0) is 27.7. The number of benzene rings is 3. The Labute approximate surface area is 228 Å². The number of carbonyl (C=O) groups excluding carboxylic acids is 1. The topological polar surface area (TPSA) is 42.0 Å². The van der Waals surface area contributed by atoms with Gasteiger partial charge in [-0.1, -0.05) is 54.6 Å². The molecule has 0 saturated heterocycles. The summed E-state index contributed by atoms with van der Waals surface area (Å²) in [4.78, 5) is 17.4. The van der Waals surface area contributed by atoms with E-state index in [0.717, 1.165) is 40.1 Å². The molecule has 0 radical (unpaired) electrons. The normalized spacial score (nSPS) is 12.0. The molecule has 3 aromatic carbocycles. The fourth-order valence-electron chi connectivity index (χ4n) is 4.03. The molecule has 3 rings (SSSR count). The molecule has 0 aliphatic rings. The Bertz CT molecular complexity index is 1240. The van der Waals surface area contributed by atoms with Gasteiger partial charge in [0.1, 0.15) is 12.4 Å². The molecule has 0 saturated carbocycles. The summed E-state index contributed by atoms with van der Waals surface area (Å²) in [5, 5.41) is 0. The van der Waals surface area contributed by atoms with Crippen molar-refractivity contribution in [3.8, 4) is 16.9 Å². The van der Waals surface area contributed by atoms with Gasteiger partial charge in [0.15, 0.2) is 5.78 Å². The second-order valence-corrected chi connectivity index (χ2v) is 11.1. The lowest BCUT2D eigenvalue weighted by molar-refractivity contribution is -0.0147. The molecular weight excluding hydrogens is 472 g/mol. The van der Waals surface area contributed by atoms with Crippen LogP contribution in [-0.4, -0.2) is 62.5 Å². The van der Waals surface area contributed by atoms with E-state index in [2.05, 4.69) is 54.8 Å². The van der Waals surface area contributed by atoms with Gasteiger partial charge in [-0.2, -0.15) is 0 Å². The maximum atomic E-state index is 13.3. The first kappa shape index (κ1) is 29.3. The third kappa shape index (κ3) is 8.95. The lowest BCUT2D eigenvalue weighted by Gasteiger charge is -2.21. The van der Waals surface area contributed by atoms with Crippen molar-refractivity contribution in [3.63, 3.8) is 0 Å². The molecule has 0 unspecified atom stereocenters. The summed E-state index contributed by atoms with van der Waals surface area (Å²) in [6.45, 7) is 8.77. The van der Waals surface area contributed by atoms with E-state index in [1.165, 1.54) is 0 Å². The van der Waals surface area contributed by atoms with Crippen molar-refractivity contribution in [2.75, 3.05) is 41.3 Å². The molecule has 0 amide bonds. The molecule has 0 atom stereocenters. The van der Waals surface area contributed by atoms with Gasteiger partial charge in [0.05, 0.1) is 12.2 Å². The molecule has 3 aromatic rings. The SMILES string of the molecule is CN(C)CCOc1ccc(-c2ccccc2COC(C)(C)C)cc1C=CC(=O)c1ccccc1CN(C)C. The lowest BCUT2D eigenvalue weighted by Crippen LogP contribution is -2.19. The number of likely N-dealkylation sites (N-methyl/N-ethyl adjacent to an activating group) is 1. The van der Waals surface area contributed by atoms with Crippen LogP contribution in [0, 0.1) is 0 Å². The molecule has 0 N–H and O–H groups in total. The van der Waals surface area contributed by atoms with Crippen molar-refractivity contribution >= 4 is 11.9 Å². The number of nitrogens with zero attached hydrogens (tertiary/aromatic N) is 2. The van der Waals surface area contributed by atoms with Crippen molar-refractivity contribution in [3.05, 3.63) is 95.1 Å². The number of ketones is 1. The van der Waals surface area contributed by atoms with Gasteiger partial charge in [0, 0.05) is 24.2 Å². The number of hydrogen-bond donors (Lipinski definition) is 0. The predicted molar refractivity (Wildman–Crippen MR) is 158 cm³/mol. The average molecular weight is 515 g/mol. The van der Waals surface area contributed by atoms with Crippen LogP contribution < -0.4 is 4.74 Å². The molecule has 202 valence electrons. The molecule has 0 aliphatic heterocycles. The smallest absolute Gasteiger partial charge is 0.186 e. The van der Waals surface area contributed by atoms with E-state index in [9.17, 15) is 4.79 Å². The minimum Gasteiger partial charge on any atom is -0.492 e. The molecular formula is C33H42N2O3. The van der Waals surface area contributed by atoms with Crippen LogP contribution in [-0.2, 0) is 17.9 Å². The zero-order valence-corrected chi connectivity index (χ0v) is 24.0. The Kier molecular flexibility index (Phi) is 10.4. The van der Waals surface area contributed by atoms with E-state index < -0.39 is 0 Å². The number of hydrogen-bond acceptors (Lipinski definition) is 5. The second-order valence-electron chi connectivity index (χ2n) is 11.1.